The van der Waals surface area contributed by atoms with Crippen molar-refractivity contribution in [3.05, 3.63) is 35.9 Å². The van der Waals surface area contributed by atoms with Crippen molar-refractivity contribution in [2.75, 3.05) is 0 Å². The minimum atomic E-state index is -3.78. The second-order valence-corrected chi connectivity index (χ2v) is 4.71. The fourth-order valence-electron chi connectivity index (χ4n) is 0.885. The SMILES string of the molecule is N=S(=O)(Cc1ccccc1)C(F)F. The minimum absolute atomic E-state index is 0.383. The van der Waals surface area contributed by atoms with Crippen LogP contribution < -0.4 is 0 Å². The van der Waals surface area contributed by atoms with Crippen molar-refractivity contribution in [2.45, 2.75) is 11.5 Å². The highest BCUT2D eigenvalue weighted by molar-refractivity contribution is 7.91. The maximum absolute atomic E-state index is 12.0. The van der Waals surface area contributed by atoms with Crippen LogP contribution in [0.5, 0.6) is 0 Å². The van der Waals surface area contributed by atoms with Crippen LogP contribution in [0, 0.1) is 4.78 Å². The molecule has 0 aliphatic carbocycles. The molecule has 0 aromatic heterocycles. The zero-order valence-corrected chi connectivity index (χ0v) is 7.56. The zero-order chi connectivity index (χ0) is 9.90. The smallest absolute Gasteiger partial charge is 0.248 e. The molecule has 1 aromatic rings. The van der Waals surface area contributed by atoms with Crippen molar-refractivity contribution in [2.24, 2.45) is 0 Å². The number of nitrogens with one attached hydrogen (secondary N) is 1. The van der Waals surface area contributed by atoms with E-state index < -0.39 is 15.5 Å². The molecule has 0 radical (unpaired) electrons. The molecule has 1 rings (SSSR count). The van der Waals surface area contributed by atoms with E-state index in [1.54, 1.807) is 30.3 Å². The monoisotopic (exact) mass is 205 g/mol. The normalized spacial score (nSPS) is 15.6. The summed E-state index contributed by atoms with van der Waals surface area (Å²) in [5.41, 5.74) is 0.503. The summed E-state index contributed by atoms with van der Waals surface area (Å²) in [6, 6.07) is 8.22. The predicted octanol–water partition coefficient (Wildman–Crippen LogP) is 2.46. The fraction of sp³-hybridized carbons (Fsp3) is 0.250. The Hall–Kier alpha value is -0.970. The zero-order valence-electron chi connectivity index (χ0n) is 6.74. The lowest BCUT2D eigenvalue weighted by atomic mass is 10.2. The summed E-state index contributed by atoms with van der Waals surface area (Å²) in [6.45, 7) is 0. The van der Waals surface area contributed by atoms with Gasteiger partial charge in [0, 0.05) is 0 Å². The van der Waals surface area contributed by atoms with E-state index in [0.29, 0.717) is 5.56 Å². The molecule has 1 aromatic carbocycles. The Morgan fingerprint density at radius 3 is 2.31 bits per heavy atom. The predicted molar refractivity (Wildman–Crippen MR) is 47.0 cm³/mol. The number of hydrogen-bond acceptors (Lipinski definition) is 2. The first-order valence-corrected chi connectivity index (χ1v) is 5.39. The second kappa shape index (κ2) is 3.83. The Morgan fingerprint density at radius 1 is 1.31 bits per heavy atom. The molecule has 1 unspecified atom stereocenters. The maximum Gasteiger partial charge on any atom is 0.319 e. The average Bonchev–Trinajstić information content (AvgIpc) is 2.05. The Morgan fingerprint density at radius 2 is 1.85 bits per heavy atom. The van der Waals surface area contributed by atoms with Gasteiger partial charge >= 0.3 is 5.76 Å². The van der Waals surface area contributed by atoms with E-state index in [9.17, 15) is 13.0 Å². The van der Waals surface area contributed by atoms with Crippen LogP contribution in [0.4, 0.5) is 8.78 Å². The van der Waals surface area contributed by atoms with Gasteiger partial charge in [0.15, 0.2) is 0 Å². The molecule has 0 saturated heterocycles. The molecule has 0 bridgehead atoms. The maximum atomic E-state index is 12.0. The third-order valence-electron chi connectivity index (χ3n) is 1.51. The third-order valence-corrected chi connectivity index (χ3v) is 2.85. The standard InChI is InChI=1S/C8H9F2NOS/c9-8(10)13(11,12)6-7-4-2-1-3-5-7/h1-5,8,11H,6H2. The summed E-state index contributed by atoms with van der Waals surface area (Å²) < 4.78 is 41.9. The summed E-state index contributed by atoms with van der Waals surface area (Å²) in [5.74, 6) is -3.46. The lowest BCUT2D eigenvalue weighted by molar-refractivity contribution is 0.241. The molecule has 0 heterocycles. The van der Waals surface area contributed by atoms with Crippen LogP contribution in [0.3, 0.4) is 0 Å². The fourth-order valence-corrected chi connectivity index (χ4v) is 1.70. The van der Waals surface area contributed by atoms with Gasteiger partial charge in [-0.15, -0.1) is 0 Å². The Balaban J connectivity index is 2.82. The van der Waals surface area contributed by atoms with Crippen molar-refractivity contribution < 1.29 is 13.0 Å². The molecule has 0 spiro atoms. The van der Waals surface area contributed by atoms with Gasteiger partial charge in [0.05, 0.1) is 5.75 Å². The van der Waals surface area contributed by atoms with Crippen molar-refractivity contribution in [3.63, 3.8) is 0 Å². The van der Waals surface area contributed by atoms with Crippen LogP contribution in [0.2, 0.25) is 0 Å². The molecule has 72 valence electrons. The average molecular weight is 205 g/mol. The van der Waals surface area contributed by atoms with Crippen LogP contribution in [0.15, 0.2) is 30.3 Å². The first-order valence-electron chi connectivity index (χ1n) is 3.60. The van der Waals surface area contributed by atoms with Gasteiger partial charge in [-0.05, 0) is 5.56 Å². The van der Waals surface area contributed by atoms with E-state index in [1.807, 2.05) is 0 Å². The summed E-state index contributed by atoms with van der Waals surface area (Å²) in [6.07, 6.45) is 0. The van der Waals surface area contributed by atoms with Crippen molar-refractivity contribution in [3.8, 4) is 0 Å². The summed E-state index contributed by atoms with van der Waals surface area (Å²) in [7, 11) is -3.78. The van der Waals surface area contributed by atoms with E-state index in [0.717, 1.165) is 0 Å². The Labute approximate surface area is 75.6 Å². The Kier molecular flexibility index (Phi) is 2.98. The molecule has 5 heteroatoms. The van der Waals surface area contributed by atoms with E-state index in [4.69, 9.17) is 4.78 Å². The summed E-state index contributed by atoms with van der Waals surface area (Å²) in [4.78, 5) is 0. The molecule has 0 aliphatic rings. The van der Waals surface area contributed by atoms with E-state index in [-0.39, 0.29) is 5.75 Å². The summed E-state index contributed by atoms with van der Waals surface area (Å²) >= 11 is 0. The molecule has 0 amide bonds. The van der Waals surface area contributed by atoms with Gasteiger partial charge in [0.25, 0.3) is 0 Å². The van der Waals surface area contributed by atoms with Crippen LogP contribution in [-0.4, -0.2) is 9.97 Å². The number of alkyl halides is 2. The van der Waals surface area contributed by atoms with Crippen molar-refractivity contribution >= 4 is 9.73 Å². The molecular weight excluding hydrogens is 196 g/mol. The lowest BCUT2D eigenvalue weighted by Gasteiger charge is -2.05. The van der Waals surface area contributed by atoms with Crippen LogP contribution in [-0.2, 0) is 15.5 Å². The number of halogens is 2. The van der Waals surface area contributed by atoms with Crippen molar-refractivity contribution in [1.29, 1.82) is 4.78 Å². The van der Waals surface area contributed by atoms with Crippen LogP contribution in [0.25, 0.3) is 0 Å². The Bertz CT molecular complexity index is 361. The van der Waals surface area contributed by atoms with E-state index in [1.165, 1.54) is 0 Å². The first kappa shape index (κ1) is 10.1. The van der Waals surface area contributed by atoms with Crippen LogP contribution in [0.1, 0.15) is 5.56 Å². The quantitative estimate of drug-likeness (QED) is 0.809. The highest BCUT2D eigenvalue weighted by Crippen LogP contribution is 2.13. The lowest BCUT2D eigenvalue weighted by Crippen LogP contribution is -2.11. The molecule has 0 fully saturated rings. The molecular formula is C8H9F2NOS. The highest BCUT2D eigenvalue weighted by Gasteiger charge is 2.19. The third kappa shape index (κ3) is 2.77. The minimum Gasteiger partial charge on any atom is -0.248 e. The van der Waals surface area contributed by atoms with Gasteiger partial charge < -0.3 is 0 Å². The molecule has 1 atom stereocenters. The van der Waals surface area contributed by atoms with Gasteiger partial charge in [-0.1, -0.05) is 30.3 Å². The highest BCUT2D eigenvalue weighted by atomic mass is 32.2. The first-order chi connectivity index (χ1) is 6.02. The molecule has 2 nitrogen and oxygen atoms in total. The molecule has 1 N–H and O–H groups in total. The second-order valence-electron chi connectivity index (χ2n) is 2.62. The van der Waals surface area contributed by atoms with E-state index in [2.05, 4.69) is 0 Å². The number of hydrogen-bond donors (Lipinski definition) is 1. The van der Waals surface area contributed by atoms with Gasteiger partial charge in [-0.25, -0.2) is 8.99 Å². The topological polar surface area (TPSA) is 40.9 Å². The van der Waals surface area contributed by atoms with Gasteiger partial charge in [0.2, 0.25) is 0 Å². The van der Waals surface area contributed by atoms with Crippen molar-refractivity contribution in [1.82, 2.24) is 0 Å². The largest absolute Gasteiger partial charge is 0.319 e. The van der Waals surface area contributed by atoms with Gasteiger partial charge in [-0.3, -0.25) is 0 Å². The van der Waals surface area contributed by atoms with Gasteiger partial charge in [-0.2, -0.15) is 8.78 Å². The van der Waals surface area contributed by atoms with E-state index >= 15 is 0 Å². The summed E-state index contributed by atoms with van der Waals surface area (Å²) in [5, 5.41) is 0. The molecule has 0 aliphatic heterocycles. The molecule has 13 heavy (non-hydrogen) atoms. The van der Waals surface area contributed by atoms with Gasteiger partial charge in [0.1, 0.15) is 9.73 Å². The number of benzene rings is 1. The van der Waals surface area contributed by atoms with Crippen LogP contribution >= 0.6 is 0 Å². The molecule has 0 saturated carbocycles. The number of rotatable bonds is 3.